The number of hydrogen-bond donors (Lipinski definition) is 1. The molecule has 1 aromatic heterocycles. The maximum absolute atomic E-state index is 11.8. The van der Waals surface area contributed by atoms with Crippen LogP contribution in [-0.4, -0.2) is 52.6 Å². The summed E-state index contributed by atoms with van der Waals surface area (Å²) in [6.45, 7) is 3.41. The van der Waals surface area contributed by atoms with E-state index in [2.05, 4.69) is 39.2 Å². The Labute approximate surface area is 153 Å². The maximum Gasteiger partial charge on any atom is 0.317 e. The van der Waals surface area contributed by atoms with E-state index in [-0.39, 0.29) is 12.1 Å². The van der Waals surface area contributed by atoms with Crippen LogP contribution in [0.4, 0.5) is 4.79 Å². The first-order valence-corrected chi connectivity index (χ1v) is 9.03. The van der Waals surface area contributed by atoms with Crippen molar-refractivity contribution in [2.45, 2.75) is 31.6 Å². The van der Waals surface area contributed by atoms with E-state index in [0.717, 1.165) is 37.2 Å². The lowest BCUT2D eigenvalue weighted by Crippen LogP contribution is -2.50. The molecule has 1 aromatic carbocycles. The standard InChI is InChI=1S/C20H23N5O/c1-23-19-8-10-24(14-18(19)22-20(23)26)13-17-7-4-9-25(17)12-16-6-3-2-5-15(16)11-21/h2-7,9,18-19H,8,10,12-14H2,1H3,(H,22,26)/t18-,19+/m1/s1. The number of likely N-dealkylation sites (N-methyl/N-ethyl adjacent to an activating group) is 1. The minimum atomic E-state index is 0.0401. The number of benzene rings is 1. The molecule has 6 heteroatoms. The highest BCUT2D eigenvalue weighted by Crippen LogP contribution is 2.23. The van der Waals surface area contributed by atoms with E-state index in [0.29, 0.717) is 12.6 Å². The summed E-state index contributed by atoms with van der Waals surface area (Å²) in [5.41, 5.74) is 2.99. The van der Waals surface area contributed by atoms with Gasteiger partial charge in [0.05, 0.1) is 23.7 Å². The molecule has 2 aliphatic rings. The summed E-state index contributed by atoms with van der Waals surface area (Å²) >= 11 is 0. The third-order valence-electron chi connectivity index (χ3n) is 5.57. The number of carbonyl (C=O) groups excluding carboxylic acids is 1. The third-order valence-corrected chi connectivity index (χ3v) is 5.57. The molecule has 2 atom stereocenters. The minimum Gasteiger partial charge on any atom is -0.346 e. The van der Waals surface area contributed by atoms with Crippen LogP contribution in [0, 0.1) is 11.3 Å². The molecule has 0 spiro atoms. The van der Waals surface area contributed by atoms with Gasteiger partial charge in [-0.05, 0) is 30.2 Å². The summed E-state index contributed by atoms with van der Waals surface area (Å²) in [7, 11) is 1.88. The fourth-order valence-electron chi connectivity index (χ4n) is 4.09. The number of amides is 2. The Hall–Kier alpha value is -2.78. The fourth-order valence-corrected chi connectivity index (χ4v) is 4.09. The van der Waals surface area contributed by atoms with E-state index in [9.17, 15) is 10.1 Å². The van der Waals surface area contributed by atoms with E-state index < -0.39 is 0 Å². The number of fused-ring (bicyclic) bond motifs is 1. The zero-order chi connectivity index (χ0) is 18.1. The van der Waals surface area contributed by atoms with Gasteiger partial charge in [-0.2, -0.15) is 5.26 Å². The molecule has 134 valence electrons. The molecule has 0 saturated carbocycles. The van der Waals surface area contributed by atoms with Crippen LogP contribution < -0.4 is 5.32 Å². The normalized spacial score (nSPS) is 22.8. The molecule has 3 heterocycles. The van der Waals surface area contributed by atoms with Gasteiger partial charge in [-0.25, -0.2) is 4.79 Å². The molecular formula is C20H23N5O. The lowest BCUT2D eigenvalue weighted by molar-refractivity contribution is 0.145. The van der Waals surface area contributed by atoms with Crippen LogP contribution in [-0.2, 0) is 13.1 Å². The van der Waals surface area contributed by atoms with Gasteiger partial charge in [-0.15, -0.1) is 0 Å². The van der Waals surface area contributed by atoms with Crippen molar-refractivity contribution in [2.75, 3.05) is 20.1 Å². The molecule has 2 aliphatic heterocycles. The first-order chi connectivity index (χ1) is 12.7. The summed E-state index contributed by atoms with van der Waals surface area (Å²) in [6.07, 6.45) is 3.07. The van der Waals surface area contributed by atoms with Crippen molar-refractivity contribution in [3.05, 3.63) is 59.4 Å². The zero-order valence-electron chi connectivity index (χ0n) is 14.9. The van der Waals surface area contributed by atoms with Gasteiger partial charge in [-0.3, -0.25) is 4.90 Å². The summed E-state index contributed by atoms with van der Waals surface area (Å²) < 4.78 is 2.21. The van der Waals surface area contributed by atoms with Crippen LogP contribution in [0.25, 0.3) is 0 Å². The van der Waals surface area contributed by atoms with Crippen LogP contribution >= 0.6 is 0 Å². The summed E-state index contributed by atoms with van der Waals surface area (Å²) in [5, 5.41) is 12.4. The maximum atomic E-state index is 11.8. The Morgan fingerprint density at radius 2 is 2.08 bits per heavy atom. The molecule has 0 unspecified atom stereocenters. The number of rotatable bonds is 4. The molecule has 1 N–H and O–H groups in total. The van der Waals surface area contributed by atoms with Gasteiger partial charge in [0, 0.05) is 45.1 Å². The van der Waals surface area contributed by atoms with Gasteiger partial charge in [0.1, 0.15) is 0 Å². The smallest absolute Gasteiger partial charge is 0.317 e. The Balaban J connectivity index is 1.45. The summed E-state index contributed by atoms with van der Waals surface area (Å²) in [4.78, 5) is 16.1. The summed E-state index contributed by atoms with van der Waals surface area (Å²) in [6, 6.07) is 14.8. The van der Waals surface area contributed by atoms with E-state index in [1.165, 1.54) is 5.69 Å². The Bertz CT molecular complexity index is 852. The number of nitrogens with zero attached hydrogens (tertiary/aromatic N) is 4. The number of piperidine rings is 1. The Morgan fingerprint density at radius 3 is 2.92 bits per heavy atom. The molecule has 0 bridgehead atoms. The highest BCUT2D eigenvalue weighted by molar-refractivity contribution is 5.77. The SMILES string of the molecule is CN1C(=O)N[C@@H]2CN(Cc3cccn3Cc3ccccc3C#N)CC[C@@H]21. The topological polar surface area (TPSA) is 64.3 Å². The minimum absolute atomic E-state index is 0.0401. The fraction of sp³-hybridized carbons (Fsp3) is 0.400. The second kappa shape index (κ2) is 6.85. The largest absolute Gasteiger partial charge is 0.346 e. The average Bonchev–Trinajstić information content (AvgIpc) is 3.19. The second-order valence-corrected chi connectivity index (χ2v) is 7.15. The highest BCUT2D eigenvalue weighted by atomic mass is 16.2. The molecule has 6 nitrogen and oxygen atoms in total. The average molecular weight is 349 g/mol. The number of nitrogens with one attached hydrogen (secondary N) is 1. The van der Waals surface area contributed by atoms with Crippen LogP contribution in [0.1, 0.15) is 23.2 Å². The zero-order valence-corrected chi connectivity index (χ0v) is 14.9. The number of carbonyl (C=O) groups is 1. The monoisotopic (exact) mass is 349 g/mol. The molecule has 2 aromatic rings. The molecule has 4 rings (SSSR count). The van der Waals surface area contributed by atoms with Gasteiger partial charge in [0.2, 0.25) is 0 Å². The Kier molecular flexibility index (Phi) is 4.39. The first kappa shape index (κ1) is 16.7. The molecule has 2 fully saturated rings. The molecular weight excluding hydrogens is 326 g/mol. The predicted molar refractivity (Wildman–Crippen MR) is 98.5 cm³/mol. The molecule has 26 heavy (non-hydrogen) atoms. The number of likely N-dealkylation sites (tertiary alicyclic amines) is 1. The quantitative estimate of drug-likeness (QED) is 0.918. The van der Waals surface area contributed by atoms with Gasteiger partial charge >= 0.3 is 6.03 Å². The van der Waals surface area contributed by atoms with Crippen LogP contribution in [0.5, 0.6) is 0 Å². The van der Waals surface area contributed by atoms with Crippen molar-refractivity contribution < 1.29 is 4.79 Å². The lowest BCUT2D eigenvalue weighted by atomic mass is 10.00. The molecule has 2 amide bonds. The van der Waals surface area contributed by atoms with Crippen molar-refractivity contribution in [1.82, 2.24) is 19.7 Å². The number of hydrogen-bond acceptors (Lipinski definition) is 3. The predicted octanol–water partition coefficient (Wildman–Crippen LogP) is 2.01. The van der Waals surface area contributed by atoms with Crippen molar-refractivity contribution in [3.8, 4) is 6.07 Å². The van der Waals surface area contributed by atoms with E-state index >= 15 is 0 Å². The van der Waals surface area contributed by atoms with E-state index in [4.69, 9.17) is 0 Å². The second-order valence-electron chi connectivity index (χ2n) is 7.15. The van der Waals surface area contributed by atoms with Gasteiger partial charge in [0.15, 0.2) is 0 Å². The van der Waals surface area contributed by atoms with Crippen molar-refractivity contribution in [2.24, 2.45) is 0 Å². The van der Waals surface area contributed by atoms with Crippen LogP contribution in [0.15, 0.2) is 42.6 Å². The third kappa shape index (κ3) is 3.06. The number of nitriles is 1. The number of urea groups is 1. The Morgan fingerprint density at radius 1 is 1.23 bits per heavy atom. The molecule has 0 radical (unpaired) electrons. The summed E-state index contributed by atoms with van der Waals surface area (Å²) in [5.74, 6) is 0. The highest BCUT2D eigenvalue weighted by Gasteiger charge is 2.40. The molecule has 0 aliphatic carbocycles. The van der Waals surface area contributed by atoms with Crippen molar-refractivity contribution in [1.29, 1.82) is 5.26 Å². The van der Waals surface area contributed by atoms with Gasteiger partial charge in [0.25, 0.3) is 0 Å². The van der Waals surface area contributed by atoms with Crippen molar-refractivity contribution >= 4 is 6.03 Å². The van der Waals surface area contributed by atoms with Crippen LogP contribution in [0.2, 0.25) is 0 Å². The van der Waals surface area contributed by atoms with E-state index in [1.807, 2.05) is 36.2 Å². The van der Waals surface area contributed by atoms with Gasteiger partial charge in [-0.1, -0.05) is 18.2 Å². The first-order valence-electron chi connectivity index (χ1n) is 9.03. The van der Waals surface area contributed by atoms with Crippen LogP contribution in [0.3, 0.4) is 0 Å². The lowest BCUT2D eigenvalue weighted by Gasteiger charge is -2.35. The molecule has 2 saturated heterocycles. The van der Waals surface area contributed by atoms with Gasteiger partial charge < -0.3 is 14.8 Å². The number of aromatic nitrogens is 1. The van der Waals surface area contributed by atoms with Crippen molar-refractivity contribution in [3.63, 3.8) is 0 Å². The van der Waals surface area contributed by atoms with E-state index in [1.54, 1.807) is 0 Å².